The van der Waals surface area contributed by atoms with Gasteiger partial charge in [-0.2, -0.15) is 0 Å². The van der Waals surface area contributed by atoms with E-state index in [9.17, 15) is 9.59 Å². The first-order valence-corrected chi connectivity index (χ1v) is 10.7. The van der Waals surface area contributed by atoms with Crippen LogP contribution in [-0.2, 0) is 9.59 Å². The standard InChI is InChI=1S/C23H24BrN3O2/c1-13-10-20-21(11-14(13)2)27(23(29)17-5-4-6-19(17)26-20)12-22(28)25-16-7-8-18(24)15(3)9-16/h7-11,17H,4-6,12H2,1-3H3,(H,25,28)/t17-/m0/s1. The Morgan fingerprint density at radius 2 is 1.93 bits per heavy atom. The zero-order chi connectivity index (χ0) is 20.7. The number of benzene rings is 2. The maximum absolute atomic E-state index is 13.3. The van der Waals surface area contributed by atoms with Gasteiger partial charge in [-0.15, -0.1) is 0 Å². The maximum atomic E-state index is 13.3. The van der Waals surface area contributed by atoms with E-state index in [1.165, 1.54) is 0 Å². The number of nitrogens with one attached hydrogen (secondary N) is 1. The number of anilines is 2. The average molecular weight is 454 g/mol. The van der Waals surface area contributed by atoms with E-state index in [4.69, 9.17) is 4.99 Å². The Balaban J connectivity index is 1.65. The lowest BCUT2D eigenvalue weighted by Crippen LogP contribution is -2.42. The molecule has 150 valence electrons. The summed E-state index contributed by atoms with van der Waals surface area (Å²) in [6, 6.07) is 9.66. The van der Waals surface area contributed by atoms with Gasteiger partial charge in [-0.25, -0.2) is 0 Å². The van der Waals surface area contributed by atoms with E-state index in [-0.39, 0.29) is 24.3 Å². The van der Waals surface area contributed by atoms with Crippen molar-refractivity contribution < 1.29 is 9.59 Å². The second kappa shape index (κ2) is 7.75. The molecule has 2 amide bonds. The van der Waals surface area contributed by atoms with Crippen molar-refractivity contribution in [2.24, 2.45) is 10.9 Å². The Labute approximate surface area is 179 Å². The smallest absolute Gasteiger partial charge is 0.244 e. The fourth-order valence-corrected chi connectivity index (χ4v) is 4.26. The molecule has 6 heteroatoms. The van der Waals surface area contributed by atoms with Crippen molar-refractivity contribution in [1.29, 1.82) is 0 Å². The lowest BCUT2D eigenvalue weighted by Gasteiger charge is -2.25. The zero-order valence-electron chi connectivity index (χ0n) is 16.9. The molecule has 0 saturated heterocycles. The summed E-state index contributed by atoms with van der Waals surface area (Å²) in [5.74, 6) is -0.457. The van der Waals surface area contributed by atoms with Gasteiger partial charge in [0.2, 0.25) is 11.8 Å². The van der Waals surface area contributed by atoms with Gasteiger partial charge in [-0.3, -0.25) is 14.6 Å². The maximum Gasteiger partial charge on any atom is 0.244 e. The summed E-state index contributed by atoms with van der Waals surface area (Å²) in [7, 11) is 0. The van der Waals surface area contributed by atoms with Crippen LogP contribution in [0.5, 0.6) is 0 Å². The summed E-state index contributed by atoms with van der Waals surface area (Å²) in [6.45, 7) is 6.00. The van der Waals surface area contributed by atoms with Gasteiger partial charge in [0.05, 0.1) is 17.3 Å². The number of carbonyl (C=O) groups excluding carboxylic acids is 2. The number of hydrogen-bond donors (Lipinski definition) is 1. The first-order chi connectivity index (χ1) is 13.8. The number of hydrogen-bond acceptors (Lipinski definition) is 3. The summed E-state index contributed by atoms with van der Waals surface area (Å²) in [5.41, 5.74) is 6.43. The van der Waals surface area contributed by atoms with Gasteiger partial charge in [-0.1, -0.05) is 15.9 Å². The summed E-state index contributed by atoms with van der Waals surface area (Å²) in [4.78, 5) is 32.6. The lowest BCUT2D eigenvalue weighted by atomic mass is 10.0. The van der Waals surface area contributed by atoms with Crippen LogP contribution in [0.3, 0.4) is 0 Å². The Morgan fingerprint density at radius 3 is 2.69 bits per heavy atom. The van der Waals surface area contributed by atoms with Crippen LogP contribution in [0.1, 0.15) is 36.0 Å². The molecule has 0 unspecified atom stereocenters. The van der Waals surface area contributed by atoms with Crippen LogP contribution in [-0.4, -0.2) is 24.1 Å². The van der Waals surface area contributed by atoms with Gasteiger partial charge in [0.1, 0.15) is 6.54 Å². The third kappa shape index (κ3) is 3.86. The van der Waals surface area contributed by atoms with Crippen LogP contribution < -0.4 is 10.2 Å². The number of aryl methyl sites for hydroxylation is 3. The van der Waals surface area contributed by atoms with E-state index in [2.05, 4.69) is 21.2 Å². The van der Waals surface area contributed by atoms with E-state index in [0.29, 0.717) is 0 Å². The highest BCUT2D eigenvalue weighted by Gasteiger charge is 2.37. The van der Waals surface area contributed by atoms with Gasteiger partial charge in [0, 0.05) is 15.9 Å². The molecule has 5 nitrogen and oxygen atoms in total. The van der Waals surface area contributed by atoms with Crippen LogP contribution >= 0.6 is 15.9 Å². The van der Waals surface area contributed by atoms with Gasteiger partial charge in [-0.05, 0) is 87.1 Å². The molecule has 0 radical (unpaired) electrons. The molecule has 4 rings (SSSR count). The number of carbonyl (C=O) groups is 2. The Bertz CT molecular complexity index is 1040. The molecule has 0 spiro atoms. The number of nitrogens with zero attached hydrogens (tertiary/aromatic N) is 2. The Hall–Kier alpha value is -2.47. The fourth-order valence-electron chi connectivity index (χ4n) is 4.01. The van der Waals surface area contributed by atoms with Crippen molar-refractivity contribution in [1.82, 2.24) is 0 Å². The molecule has 2 aliphatic rings. The highest BCUT2D eigenvalue weighted by molar-refractivity contribution is 9.10. The SMILES string of the molecule is Cc1cc2c(cc1C)N(CC(=O)Nc1ccc(Br)c(C)c1)C(=O)[C@H]1CCCC1=N2. The van der Waals surface area contributed by atoms with Crippen molar-refractivity contribution in [3.63, 3.8) is 0 Å². The molecular weight excluding hydrogens is 430 g/mol. The van der Waals surface area contributed by atoms with E-state index in [1.807, 2.05) is 51.1 Å². The van der Waals surface area contributed by atoms with Crippen molar-refractivity contribution in [3.05, 3.63) is 51.5 Å². The predicted octanol–water partition coefficient (Wildman–Crippen LogP) is 5.23. The summed E-state index contributed by atoms with van der Waals surface area (Å²) in [6.07, 6.45) is 2.61. The molecule has 1 fully saturated rings. The normalized spacial score (nSPS) is 18.1. The van der Waals surface area contributed by atoms with Crippen molar-refractivity contribution >= 4 is 50.5 Å². The molecule has 1 aliphatic carbocycles. The van der Waals surface area contributed by atoms with E-state index < -0.39 is 0 Å². The monoisotopic (exact) mass is 453 g/mol. The van der Waals surface area contributed by atoms with Crippen LogP contribution in [0.25, 0.3) is 0 Å². The Kier molecular flexibility index (Phi) is 5.30. The molecule has 1 atom stereocenters. The quantitative estimate of drug-likeness (QED) is 0.690. The van der Waals surface area contributed by atoms with Gasteiger partial charge in [0.25, 0.3) is 0 Å². The van der Waals surface area contributed by atoms with Crippen LogP contribution in [0.15, 0.2) is 39.8 Å². The molecule has 1 aliphatic heterocycles. The second-order valence-electron chi connectivity index (χ2n) is 7.91. The average Bonchev–Trinajstić information content (AvgIpc) is 3.10. The van der Waals surface area contributed by atoms with Crippen LogP contribution in [0.2, 0.25) is 0 Å². The predicted molar refractivity (Wildman–Crippen MR) is 120 cm³/mol. The largest absolute Gasteiger partial charge is 0.325 e. The minimum absolute atomic E-state index is 0.0228. The number of halogens is 1. The van der Waals surface area contributed by atoms with Crippen molar-refractivity contribution in [3.8, 4) is 0 Å². The molecule has 29 heavy (non-hydrogen) atoms. The van der Waals surface area contributed by atoms with Crippen LogP contribution in [0, 0.1) is 26.7 Å². The second-order valence-corrected chi connectivity index (χ2v) is 8.76. The molecule has 2 aromatic carbocycles. The number of rotatable bonds is 3. The molecule has 1 heterocycles. The minimum Gasteiger partial charge on any atom is -0.325 e. The molecule has 1 N–H and O–H groups in total. The third-order valence-electron chi connectivity index (χ3n) is 5.78. The van der Waals surface area contributed by atoms with E-state index in [0.717, 1.165) is 63.2 Å². The highest BCUT2D eigenvalue weighted by Crippen LogP contribution is 2.39. The third-order valence-corrected chi connectivity index (χ3v) is 6.67. The van der Waals surface area contributed by atoms with E-state index >= 15 is 0 Å². The molecule has 0 bridgehead atoms. The summed E-state index contributed by atoms with van der Waals surface area (Å²) in [5, 5.41) is 2.92. The fraction of sp³-hybridized carbons (Fsp3) is 0.348. The topological polar surface area (TPSA) is 61.8 Å². The summed E-state index contributed by atoms with van der Waals surface area (Å²) >= 11 is 3.47. The lowest BCUT2D eigenvalue weighted by molar-refractivity contribution is -0.122. The van der Waals surface area contributed by atoms with Crippen molar-refractivity contribution in [2.45, 2.75) is 40.0 Å². The number of aliphatic imine (C=N–C) groups is 1. The zero-order valence-corrected chi connectivity index (χ0v) is 18.5. The van der Waals surface area contributed by atoms with Crippen molar-refractivity contribution in [2.75, 3.05) is 16.8 Å². The number of fused-ring (bicyclic) bond motifs is 2. The summed E-state index contributed by atoms with van der Waals surface area (Å²) < 4.78 is 0.990. The first kappa shape index (κ1) is 19.8. The molecule has 2 aromatic rings. The van der Waals surface area contributed by atoms with E-state index in [1.54, 1.807) is 4.90 Å². The van der Waals surface area contributed by atoms with Gasteiger partial charge in [0.15, 0.2) is 0 Å². The minimum atomic E-state index is -0.217. The van der Waals surface area contributed by atoms with Gasteiger partial charge < -0.3 is 10.2 Å². The number of amides is 2. The van der Waals surface area contributed by atoms with Gasteiger partial charge >= 0.3 is 0 Å². The molecule has 1 saturated carbocycles. The first-order valence-electron chi connectivity index (χ1n) is 9.89. The van der Waals surface area contributed by atoms with Crippen LogP contribution in [0.4, 0.5) is 17.1 Å². The molecular formula is C23H24BrN3O2. The highest BCUT2D eigenvalue weighted by atomic mass is 79.9. The molecule has 0 aromatic heterocycles. The Morgan fingerprint density at radius 1 is 1.17 bits per heavy atom.